The van der Waals surface area contributed by atoms with E-state index in [1.807, 2.05) is 11.9 Å². The number of nitrogens with zero attached hydrogens (tertiary/aromatic N) is 1. The van der Waals surface area contributed by atoms with Gasteiger partial charge in [0.05, 0.1) is 12.1 Å². The van der Waals surface area contributed by atoms with Crippen molar-refractivity contribution in [3.05, 3.63) is 35.4 Å². The fourth-order valence-corrected chi connectivity index (χ4v) is 2.71. The molecular weight excluding hydrogens is 268 g/mol. The fourth-order valence-electron chi connectivity index (χ4n) is 2.71. The van der Waals surface area contributed by atoms with Crippen molar-refractivity contribution in [1.29, 1.82) is 0 Å². The van der Waals surface area contributed by atoms with Gasteiger partial charge in [0.25, 0.3) is 0 Å². The SMILES string of the molecule is CN(CC(=O)NC1CCCC1)Cc1ccc(C(=O)O)cc1. The second-order valence-corrected chi connectivity index (χ2v) is 5.72. The van der Waals surface area contributed by atoms with E-state index >= 15 is 0 Å². The van der Waals surface area contributed by atoms with Gasteiger partial charge in [-0.3, -0.25) is 9.69 Å². The molecule has 2 N–H and O–H groups in total. The maximum absolute atomic E-state index is 11.9. The second-order valence-electron chi connectivity index (χ2n) is 5.72. The zero-order valence-electron chi connectivity index (χ0n) is 12.3. The van der Waals surface area contributed by atoms with E-state index in [9.17, 15) is 9.59 Å². The normalized spacial score (nSPS) is 15.3. The van der Waals surface area contributed by atoms with Crippen molar-refractivity contribution in [2.45, 2.75) is 38.3 Å². The van der Waals surface area contributed by atoms with Crippen molar-refractivity contribution >= 4 is 11.9 Å². The zero-order valence-corrected chi connectivity index (χ0v) is 12.3. The maximum Gasteiger partial charge on any atom is 0.335 e. The summed E-state index contributed by atoms with van der Waals surface area (Å²) in [5.74, 6) is -0.864. The Bertz CT molecular complexity index is 493. The number of nitrogens with one attached hydrogen (secondary N) is 1. The molecule has 2 rings (SSSR count). The molecule has 0 aliphatic heterocycles. The topological polar surface area (TPSA) is 69.6 Å². The van der Waals surface area contributed by atoms with Crippen LogP contribution in [0.15, 0.2) is 24.3 Å². The second kappa shape index (κ2) is 7.22. The predicted octanol–water partition coefficient (Wildman–Crippen LogP) is 1.88. The summed E-state index contributed by atoms with van der Waals surface area (Å²) in [6.45, 7) is 0.981. The van der Waals surface area contributed by atoms with Crippen LogP contribution in [-0.2, 0) is 11.3 Å². The van der Waals surface area contributed by atoms with Crippen LogP contribution >= 0.6 is 0 Å². The van der Waals surface area contributed by atoms with Crippen LogP contribution in [0.5, 0.6) is 0 Å². The third-order valence-electron chi connectivity index (χ3n) is 3.79. The highest BCUT2D eigenvalue weighted by atomic mass is 16.4. The van der Waals surface area contributed by atoms with Crippen molar-refractivity contribution in [2.75, 3.05) is 13.6 Å². The number of carbonyl (C=O) groups is 2. The van der Waals surface area contributed by atoms with Gasteiger partial charge in [-0.15, -0.1) is 0 Å². The molecule has 0 bridgehead atoms. The first-order valence-electron chi connectivity index (χ1n) is 7.35. The first-order chi connectivity index (χ1) is 10.0. The Hall–Kier alpha value is -1.88. The van der Waals surface area contributed by atoms with Crippen molar-refractivity contribution in [1.82, 2.24) is 10.2 Å². The Morgan fingerprint density at radius 1 is 1.24 bits per heavy atom. The van der Waals surface area contributed by atoms with E-state index in [4.69, 9.17) is 5.11 Å². The number of carboxylic acid groups (broad SMARTS) is 1. The monoisotopic (exact) mass is 290 g/mol. The molecule has 1 aromatic rings. The van der Waals surface area contributed by atoms with Crippen LogP contribution in [0.4, 0.5) is 0 Å². The molecule has 21 heavy (non-hydrogen) atoms. The number of carbonyl (C=O) groups excluding carboxylic acids is 1. The maximum atomic E-state index is 11.9. The van der Waals surface area contributed by atoms with Gasteiger partial charge in [0.1, 0.15) is 0 Å². The lowest BCUT2D eigenvalue weighted by molar-refractivity contribution is -0.122. The summed E-state index contributed by atoms with van der Waals surface area (Å²) in [5.41, 5.74) is 1.27. The minimum atomic E-state index is -0.925. The van der Waals surface area contributed by atoms with E-state index in [0.717, 1.165) is 18.4 Å². The van der Waals surface area contributed by atoms with Gasteiger partial charge in [0.2, 0.25) is 5.91 Å². The highest BCUT2D eigenvalue weighted by molar-refractivity contribution is 5.87. The number of likely N-dealkylation sites (N-methyl/N-ethyl adjacent to an activating group) is 1. The number of rotatable bonds is 6. The largest absolute Gasteiger partial charge is 0.478 e. The molecule has 1 saturated carbocycles. The predicted molar refractivity (Wildman–Crippen MR) is 80.1 cm³/mol. The molecule has 5 nitrogen and oxygen atoms in total. The lowest BCUT2D eigenvalue weighted by atomic mass is 10.1. The highest BCUT2D eigenvalue weighted by Gasteiger charge is 2.17. The molecule has 0 spiro atoms. The average Bonchev–Trinajstić information content (AvgIpc) is 2.91. The average molecular weight is 290 g/mol. The van der Waals surface area contributed by atoms with Gasteiger partial charge in [-0.2, -0.15) is 0 Å². The van der Waals surface area contributed by atoms with E-state index in [1.54, 1.807) is 24.3 Å². The molecule has 1 aromatic carbocycles. The fraction of sp³-hybridized carbons (Fsp3) is 0.500. The lowest BCUT2D eigenvalue weighted by Gasteiger charge is -2.18. The number of hydrogen-bond acceptors (Lipinski definition) is 3. The smallest absolute Gasteiger partial charge is 0.335 e. The van der Waals surface area contributed by atoms with E-state index in [0.29, 0.717) is 19.1 Å². The van der Waals surface area contributed by atoms with Gasteiger partial charge in [-0.25, -0.2) is 4.79 Å². The first kappa shape index (κ1) is 15.5. The highest BCUT2D eigenvalue weighted by Crippen LogP contribution is 2.17. The third-order valence-corrected chi connectivity index (χ3v) is 3.79. The van der Waals surface area contributed by atoms with Gasteiger partial charge < -0.3 is 10.4 Å². The summed E-state index contributed by atoms with van der Waals surface area (Å²) in [4.78, 5) is 24.6. The summed E-state index contributed by atoms with van der Waals surface area (Å²) in [5, 5.41) is 11.9. The number of hydrogen-bond donors (Lipinski definition) is 2. The molecule has 5 heteroatoms. The standard InChI is InChI=1S/C16H22N2O3/c1-18(11-15(19)17-14-4-2-3-5-14)10-12-6-8-13(9-7-12)16(20)21/h6-9,14H,2-5,10-11H2,1H3,(H,17,19)(H,20,21). The number of benzene rings is 1. The van der Waals surface area contributed by atoms with Gasteiger partial charge in [-0.1, -0.05) is 25.0 Å². The quantitative estimate of drug-likeness (QED) is 0.839. The molecule has 1 amide bonds. The zero-order chi connectivity index (χ0) is 15.2. The molecule has 0 aromatic heterocycles. The van der Waals surface area contributed by atoms with E-state index < -0.39 is 5.97 Å². The molecule has 114 valence electrons. The minimum absolute atomic E-state index is 0.0616. The molecular formula is C16H22N2O3. The summed E-state index contributed by atoms with van der Waals surface area (Å²) >= 11 is 0. The Balaban J connectivity index is 1.79. The van der Waals surface area contributed by atoms with Gasteiger partial charge in [-0.05, 0) is 37.6 Å². The van der Waals surface area contributed by atoms with Crippen LogP contribution in [0, 0.1) is 0 Å². The molecule has 1 fully saturated rings. The number of aromatic carboxylic acids is 1. The van der Waals surface area contributed by atoms with Crippen molar-refractivity contribution < 1.29 is 14.7 Å². The van der Waals surface area contributed by atoms with Crippen molar-refractivity contribution in [2.24, 2.45) is 0 Å². The van der Waals surface area contributed by atoms with Crippen LogP contribution in [-0.4, -0.2) is 41.5 Å². The summed E-state index contributed by atoms with van der Waals surface area (Å²) in [6, 6.07) is 7.10. The molecule has 1 aliphatic carbocycles. The number of carboxylic acids is 1. The van der Waals surface area contributed by atoms with E-state index in [2.05, 4.69) is 5.32 Å². The minimum Gasteiger partial charge on any atom is -0.478 e. The summed E-state index contributed by atoms with van der Waals surface area (Å²) in [6.07, 6.45) is 4.59. The Kier molecular flexibility index (Phi) is 5.33. The Morgan fingerprint density at radius 3 is 2.43 bits per heavy atom. The van der Waals surface area contributed by atoms with Crippen LogP contribution < -0.4 is 5.32 Å². The van der Waals surface area contributed by atoms with Crippen LogP contribution in [0.3, 0.4) is 0 Å². The summed E-state index contributed by atoms with van der Waals surface area (Å²) < 4.78 is 0. The molecule has 0 atom stereocenters. The van der Waals surface area contributed by atoms with Gasteiger partial charge >= 0.3 is 5.97 Å². The molecule has 0 heterocycles. The van der Waals surface area contributed by atoms with Gasteiger partial charge in [0.15, 0.2) is 0 Å². The Morgan fingerprint density at radius 2 is 1.86 bits per heavy atom. The molecule has 0 unspecified atom stereocenters. The van der Waals surface area contributed by atoms with Crippen LogP contribution in [0.25, 0.3) is 0 Å². The van der Waals surface area contributed by atoms with Crippen LogP contribution in [0.1, 0.15) is 41.6 Å². The first-order valence-corrected chi connectivity index (χ1v) is 7.35. The van der Waals surface area contributed by atoms with Crippen molar-refractivity contribution in [3.63, 3.8) is 0 Å². The molecule has 1 aliphatic rings. The number of amides is 1. The van der Waals surface area contributed by atoms with E-state index in [-0.39, 0.29) is 11.5 Å². The third kappa shape index (κ3) is 4.86. The lowest BCUT2D eigenvalue weighted by Crippen LogP contribution is -2.39. The van der Waals surface area contributed by atoms with Crippen LogP contribution in [0.2, 0.25) is 0 Å². The molecule has 0 radical (unpaired) electrons. The Labute approximate surface area is 125 Å². The summed E-state index contributed by atoms with van der Waals surface area (Å²) in [7, 11) is 1.89. The van der Waals surface area contributed by atoms with Crippen molar-refractivity contribution in [3.8, 4) is 0 Å². The van der Waals surface area contributed by atoms with Gasteiger partial charge in [0, 0.05) is 12.6 Å². The van der Waals surface area contributed by atoms with E-state index in [1.165, 1.54) is 12.8 Å². The molecule has 0 saturated heterocycles.